The Balaban J connectivity index is 1.51. The summed E-state index contributed by atoms with van der Waals surface area (Å²) in [6.07, 6.45) is -6.12. The van der Waals surface area contributed by atoms with E-state index in [4.69, 9.17) is 9.47 Å². The third-order valence-electron chi connectivity index (χ3n) is 4.95. The second-order valence-corrected chi connectivity index (χ2v) is 6.96. The minimum absolute atomic E-state index is 0.158. The lowest BCUT2D eigenvalue weighted by Crippen LogP contribution is -2.33. The molecule has 0 spiro atoms. The monoisotopic (exact) mass is 440 g/mol. The van der Waals surface area contributed by atoms with E-state index in [1.165, 1.54) is 29.0 Å². The average molecular weight is 440 g/mol. The van der Waals surface area contributed by atoms with Crippen LogP contribution in [0.4, 0.5) is 22.0 Å². The molecule has 164 valence electrons. The maximum atomic E-state index is 14.2. The molecule has 0 unspecified atom stereocenters. The standard InChI is InChI=1S/C21H17F5N2O3/c1-13(20(12-29-20)16-4-2-3-5-17(16)22)30-19-27-10-11-28(19)14-6-8-15(9-7-14)31-21(25,26)18(23)24/h2-11,13,18H,12H2,1H3/t13-,20+/m1/s1. The van der Waals surface area contributed by atoms with E-state index in [0.29, 0.717) is 11.3 Å². The highest BCUT2D eigenvalue weighted by atomic mass is 19.3. The second kappa shape index (κ2) is 7.84. The fourth-order valence-electron chi connectivity index (χ4n) is 3.19. The summed E-state index contributed by atoms with van der Waals surface area (Å²) in [4.78, 5) is 4.14. The average Bonchev–Trinajstić information content (AvgIpc) is 3.41. The molecule has 5 nitrogen and oxygen atoms in total. The molecular formula is C21H17F5N2O3. The van der Waals surface area contributed by atoms with Crippen LogP contribution in [0.15, 0.2) is 60.9 Å². The van der Waals surface area contributed by atoms with Crippen molar-refractivity contribution in [2.75, 3.05) is 6.61 Å². The number of benzene rings is 2. The number of hydrogen-bond donors (Lipinski definition) is 0. The van der Waals surface area contributed by atoms with Crippen LogP contribution < -0.4 is 9.47 Å². The molecule has 1 aliphatic heterocycles. The summed E-state index contributed by atoms with van der Waals surface area (Å²) in [5.74, 6) is -0.829. The van der Waals surface area contributed by atoms with Crippen LogP contribution in [0.3, 0.4) is 0 Å². The zero-order chi connectivity index (χ0) is 22.2. The molecule has 1 fully saturated rings. The van der Waals surface area contributed by atoms with Gasteiger partial charge in [-0.1, -0.05) is 18.2 Å². The molecule has 2 aromatic carbocycles. The van der Waals surface area contributed by atoms with Crippen molar-refractivity contribution >= 4 is 0 Å². The van der Waals surface area contributed by atoms with Crippen LogP contribution >= 0.6 is 0 Å². The SMILES string of the molecule is C[C@@H](Oc1nccn1-c1ccc(OC(F)(F)C(F)F)cc1)[C@]1(c2ccccc2F)CO1. The number of aromatic nitrogens is 2. The molecule has 0 amide bonds. The Morgan fingerprint density at radius 1 is 1.13 bits per heavy atom. The van der Waals surface area contributed by atoms with Crippen LogP contribution in [0.25, 0.3) is 5.69 Å². The van der Waals surface area contributed by atoms with E-state index in [9.17, 15) is 22.0 Å². The van der Waals surface area contributed by atoms with Crippen molar-refractivity contribution in [2.24, 2.45) is 0 Å². The van der Waals surface area contributed by atoms with Crippen LogP contribution in [0.5, 0.6) is 11.8 Å². The molecule has 3 aromatic rings. The van der Waals surface area contributed by atoms with Gasteiger partial charge in [0.1, 0.15) is 17.7 Å². The summed E-state index contributed by atoms with van der Waals surface area (Å²) in [5, 5.41) is 0. The van der Waals surface area contributed by atoms with Gasteiger partial charge in [-0.05, 0) is 37.3 Å². The smallest absolute Gasteiger partial charge is 0.458 e. The summed E-state index contributed by atoms with van der Waals surface area (Å²) >= 11 is 0. The molecule has 2 heterocycles. The number of halogens is 5. The molecule has 31 heavy (non-hydrogen) atoms. The van der Waals surface area contributed by atoms with E-state index in [1.807, 2.05) is 0 Å². The van der Waals surface area contributed by atoms with Crippen LogP contribution in [0.1, 0.15) is 12.5 Å². The molecule has 4 rings (SSSR count). The molecule has 0 saturated carbocycles. The van der Waals surface area contributed by atoms with Crippen molar-refractivity contribution in [3.05, 3.63) is 72.3 Å². The van der Waals surface area contributed by atoms with Crippen molar-refractivity contribution in [2.45, 2.75) is 31.2 Å². The molecule has 2 atom stereocenters. The van der Waals surface area contributed by atoms with Crippen molar-refractivity contribution in [3.63, 3.8) is 0 Å². The Hall–Kier alpha value is -3.14. The van der Waals surface area contributed by atoms with E-state index in [2.05, 4.69) is 9.72 Å². The van der Waals surface area contributed by atoms with Crippen LogP contribution in [-0.4, -0.2) is 34.8 Å². The van der Waals surface area contributed by atoms with Gasteiger partial charge in [-0.3, -0.25) is 4.57 Å². The molecule has 0 N–H and O–H groups in total. The third-order valence-corrected chi connectivity index (χ3v) is 4.95. The summed E-state index contributed by atoms with van der Waals surface area (Å²) in [6, 6.07) is 11.4. The van der Waals surface area contributed by atoms with Gasteiger partial charge in [-0.15, -0.1) is 0 Å². The fraction of sp³-hybridized carbons (Fsp3) is 0.286. The molecule has 0 bridgehead atoms. The highest BCUT2D eigenvalue weighted by molar-refractivity contribution is 5.40. The summed E-state index contributed by atoms with van der Waals surface area (Å²) in [5.41, 5.74) is -0.105. The Morgan fingerprint density at radius 3 is 2.42 bits per heavy atom. The molecule has 1 saturated heterocycles. The van der Waals surface area contributed by atoms with E-state index in [0.717, 1.165) is 12.1 Å². The molecule has 0 radical (unpaired) electrons. The van der Waals surface area contributed by atoms with Crippen molar-refractivity contribution in [1.82, 2.24) is 9.55 Å². The van der Waals surface area contributed by atoms with E-state index < -0.39 is 35.8 Å². The Morgan fingerprint density at radius 2 is 1.81 bits per heavy atom. The summed E-state index contributed by atoms with van der Waals surface area (Å²) in [6.45, 7) is 2.00. The molecule has 0 aliphatic carbocycles. The number of nitrogens with zero attached hydrogens (tertiary/aromatic N) is 2. The first-order chi connectivity index (χ1) is 14.7. The lowest BCUT2D eigenvalue weighted by atomic mass is 9.94. The zero-order valence-electron chi connectivity index (χ0n) is 16.1. The summed E-state index contributed by atoms with van der Waals surface area (Å²) < 4.78 is 82.0. The van der Waals surface area contributed by atoms with Gasteiger partial charge in [0.2, 0.25) is 0 Å². The molecular weight excluding hydrogens is 423 g/mol. The maximum absolute atomic E-state index is 14.2. The maximum Gasteiger partial charge on any atom is 0.461 e. The van der Waals surface area contributed by atoms with Gasteiger partial charge in [-0.25, -0.2) is 9.37 Å². The second-order valence-electron chi connectivity index (χ2n) is 6.96. The van der Waals surface area contributed by atoms with Crippen molar-refractivity contribution < 1.29 is 36.2 Å². The molecule has 1 aliphatic rings. The van der Waals surface area contributed by atoms with E-state index in [1.54, 1.807) is 31.3 Å². The first-order valence-corrected chi connectivity index (χ1v) is 9.27. The normalized spacial score (nSPS) is 19.3. The van der Waals surface area contributed by atoms with Crippen molar-refractivity contribution in [3.8, 4) is 17.4 Å². The minimum Gasteiger partial charge on any atom is -0.458 e. The van der Waals surface area contributed by atoms with Gasteiger partial charge in [-0.2, -0.15) is 17.6 Å². The first kappa shape index (κ1) is 21.1. The zero-order valence-corrected chi connectivity index (χ0v) is 16.1. The number of epoxide rings is 1. The lowest BCUT2D eigenvalue weighted by molar-refractivity contribution is -0.253. The van der Waals surface area contributed by atoms with Gasteiger partial charge in [0.25, 0.3) is 0 Å². The Bertz CT molecular complexity index is 1050. The van der Waals surface area contributed by atoms with Crippen LogP contribution in [0, 0.1) is 5.82 Å². The minimum atomic E-state index is -4.59. The number of imidazole rings is 1. The van der Waals surface area contributed by atoms with Crippen LogP contribution in [0.2, 0.25) is 0 Å². The van der Waals surface area contributed by atoms with E-state index in [-0.39, 0.29) is 12.6 Å². The predicted octanol–water partition coefficient (Wildman–Crippen LogP) is 4.94. The number of ether oxygens (including phenoxy) is 3. The predicted molar refractivity (Wildman–Crippen MR) is 99.3 cm³/mol. The van der Waals surface area contributed by atoms with Gasteiger partial charge in [0.05, 0.1) is 12.3 Å². The first-order valence-electron chi connectivity index (χ1n) is 9.27. The Labute approximate surface area is 174 Å². The topological polar surface area (TPSA) is 48.8 Å². The third kappa shape index (κ3) is 4.07. The fourth-order valence-corrected chi connectivity index (χ4v) is 3.19. The van der Waals surface area contributed by atoms with Gasteiger partial charge < -0.3 is 14.2 Å². The van der Waals surface area contributed by atoms with Gasteiger partial charge in [0.15, 0.2) is 5.60 Å². The van der Waals surface area contributed by atoms with Gasteiger partial charge in [0, 0.05) is 18.0 Å². The Kier molecular flexibility index (Phi) is 5.34. The molecule has 1 aromatic heterocycles. The number of hydrogen-bond acceptors (Lipinski definition) is 4. The number of alkyl halides is 4. The van der Waals surface area contributed by atoms with Gasteiger partial charge >= 0.3 is 18.5 Å². The lowest BCUT2D eigenvalue weighted by Gasteiger charge is -2.22. The highest BCUT2D eigenvalue weighted by Crippen LogP contribution is 2.44. The molecule has 10 heteroatoms. The quantitative estimate of drug-likeness (QED) is 0.368. The summed E-state index contributed by atoms with van der Waals surface area (Å²) in [7, 11) is 0. The largest absolute Gasteiger partial charge is 0.461 e. The van der Waals surface area contributed by atoms with Crippen LogP contribution in [-0.2, 0) is 10.3 Å². The van der Waals surface area contributed by atoms with Crippen molar-refractivity contribution in [1.29, 1.82) is 0 Å². The van der Waals surface area contributed by atoms with E-state index >= 15 is 0 Å². The highest BCUT2D eigenvalue weighted by Gasteiger charge is 2.54. The number of rotatable bonds is 8.